The monoisotopic (exact) mass is 296 g/mol. The van der Waals surface area contributed by atoms with Gasteiger partial charge in [-0.2, -0.15) is 0 Å². The zero-order chi connectivity index (χ0) is 14.9. The van der Waals surface area contributed by atoms with E-state index in [1.54, 1.807) is 0 Å². The first kappa shape index (κ1) is 16.0. The molecular formula is C11H20O9. The van der Waals surface area contributed by atoms with Crippen molar-refractivity contribution < 1.29 is 44.5 Å². The van der Waals surface area contributed by atoms with Crippen LogP contribution in [0.25, 0.3) is 0 Å². The van der Waals surface area contributed by atoms with Crippen molar-refractivity contribution in [1.29, 1.82) is 0 Å². The molecule has 2 heterocycles. The van der Waals surface area contributed by atoms with E-state index in [-0.39, 0.29) is 0 Å². The van der Waals surface area contributed by atoms with Gasteiger partial charge in [-0.15, -0.1) is 0 Å². The van der Waals surface area contributed by atoms with Crippen molar-refractivity contribution >= 4 is 0 Å². The van der Waals surface area contributed by atoms with Gasteiger partial charge < -0.3 is 44.5 Å². The zero-order valence-corrected chi connectivity index (χ0v) is 10.9. The molecule has 0 aliphatic carbocycles. The Kier molecular flexibility index (Phi) is 5.29. The number of aliphatic hydroxyl groups excluding tert-OH is 5. The normalized spacial score (nSPS) is 48.9. The Morgan fingerprint density at radius 2 is 1.45 bits per heavy atom. The Labute approximate surface area is 115 Å². The first-order valence-corrected chi connectivity index (χ1v) is 6.28. The lowest BCUT2D eigenvalue weighted by atomic mass is 10.1. The maximum Gasteiger partial charge on any atom is 0.187 e. The number of hydrogen-bond acceptors (Lipinski definition) is 9. The maximum atomic E-state index is 9.95. The highest BCUT2D eigenvalue weighted by Gasteiger charge is 2.50. The van der Waals surface area contributed by atoms with Crippen LogP contribution in [-0.4, -0.2) is 95.1 Å². The molecule has 0 aromatic carbocycles. The molecule has 0 radical (unpaired) electrons. The van der Waals surface area contributed by atoms with Crippen molar-refractivity contribution in [3.8, 4) is 0 Å². The topological polar surface area (TPSA) is 138 Å². The number of rotatable bonds is 5. The summed E-state index contributed by atoms with van der Waals surface area (Å²) >= 11 is 0. The van der Waals surface area contributed by atoms with Gasteiger partial charge in [-0.3, -0.25) is 0 Å². The predicted octanol–water partition coefficient (Wildman–Crippen LogP) is -3.46. The first-order chi connectivity index (χ1) is 9.53. The average molecular weight is 296 g/mol. The number of methoxy groups -OCH3 is 1. The highest BCUT2D eigenvalue weighted by atomic mass is 16.8. The van der Waals surface area contributed by atoms with Gasteiger partial charge in [0.2, 0.25) is 0 Å². The van der Waals surface area contributed by atoms with Crippen LogP contribution in [0.1, 0.15) is 0 Å². The van der Waals surface area contributed by atoms with Crippen LogP contribution >= 0.6 is 0 Å². The van der Waals surface area contributed by atoms with E-state index >= 15 is 0 Å². The van der Waals surface area contributed by atoms with Crippen LogP contribution in [0.15, 0.2) is 0 Å². The molecule has 0 spiro atoms. The summed E-state index contributed by atoms with van der Waals surface area (Å²) in [6.07, 6.45) is -8.87. The fourth-order valence-electron chi connectivity index (χ4n) is 2.35. The van der Waals surface area contributed by atoms with E-state index in [2.05, 4.69) is 0 Å². The third-order valence-electron chi connectivity index (χ3n) is 3.49. The summed E-state index contributed by atoms with van der Waals surface area (Å²) in [6, 6.07) is 0. The average Bonchev–Trinajstić information content (AvgIpc) is 2.91. The third-order valence-corrected chi connectivity index (χ3v) is 3.49. The molecule has 8 atom stereocenters. The van der Waals surface area contributed by atoms with Crippen LogP contribution in [0.2, 0.25) is 0 Å². The van der Waals surface area contributed by atoms with Crippen molar-refractivity contribution in [3.05, 3.63) is 0 Å². The van der Waals surface area contributed by atoms with Gasteiger partial charge in [0.15, 0.2) is 12.6 Å². The van der Waals surface area contributed by atoms with Crippen molar-refractivity contribution in [3.63, 3.8) is 0 Å². The van der Waals surface area contributed by atoms with Crippen molar-refractivity contribution in [2.75, 3.05) is 20.3 Å². The molecule has 2 aliphatic heterocycles. The van der Waals surface area contributed by atoms with Gasteiger partial charge in [0, 0.05) is 7.11 Å². The second-order valence-corrected chi connectivity index (χ2v) is 4.76. The largest absolute Gasteiger partial charge is 0.394 e. The second-order valence-electron chi connectivity index (χ2n) is 4.76. The van der Waals surface area contributed by atoms with E-state index in [1.165, 1.54) is 7.11 Å². The van der Waals surface area contributed by atoms with Gasteiger partial charge in [-0.05, 0) is 0 Å². The fourth-order valence-corrected chi connectivity index (χ4v) is 2.35. The molecule has 2 saturated heterocycles. The van der Waals surface area contributed by atoms with Gasteiger partial charge in [0.25, 0.3) is 0 Å². The smallest absolute Gasteiger partial charge is 0.187 e. The SMILES string of the molecule is COC1OC(CO)C(OC2OC(CO)C(O)C2O)C1O. The van der Waals surface area contributed by atoms with Gasteiger partial charge in [0.1, 0.15) is 36.6 Å². The van der Waals surface area contributed by atoms with E-state index in [4.69, 9.17) is 24.1 Å². The third kappa shape index (κ3) is 2.82. The van der Waals surface area contributed by atoms with Crippen molar-refractivity contribution in [2.45, 2.75) is 49.2 Å². The minimum atomic E-state index is -1.37. The molecule has 9 heteroatoms. The van der Waals surface area contributed by atoms with E-state index in [1.807, 2.05) is 0 Å². The van der Waals surface area contributed by atoms with Gasteiger partial charge in [0.05, 0.1) is 13.2 Å². The molecule has 0 saturated carbocycles. The summed E-state index contributed by atoms with van der Waals surface area (Å²) in [5.74, 6) is 0. The standard InChI is InChI=1S/C11H20O9/c1-17-10-8(16)9(5(3-13)19-10)20-11-7(15)6(14)4(2-12)18-11/h4-16H,2-3H2,1H3. The lowest BCUT2D eigenvalue weighted by molar-refractivity contribution is -0.215. The Bertz CT molecular complexity index is 312. The lowest BCUT2D eigenvalue weighted by Crippen LogP contribution is -2.43. The molecule has 9 nitrogen and oxygen atoms in total. The molecule has 20 heavy (non-hydrogen) atoms. The van der Waals surface area contributed by atoms with E-state index in [0.717, 1.165) is 0 Å². The molecule has 2 aliphatic rings. The van der Waals surface area contributed by atoms with E-state index in [0.29, 0.717) is 0 Å². The number of hydrogen-bond donors (Lipinski definition) is 5. The summed E-state index contributed by atoms with van der Waals surface area (Å²) in [4.78, 5) is 0. The predicted molar refractivity (Wildman–Crippen MR) is 61.4 cm³/mol. The van der Waals surface area contributed by atoms with Crippen LogP contribution in [0.4, 0.5) is 0 Å². The molecule has 2 rings (SSSR count). The summed E-state index contributed by atoms with van der Waals surface area (Å²) in [5.41, 5.74) is 0. The zero-order valence-electron chi connectivity index (χ0n) is 10.9. The van der Waals surface area contributed by atoms with Crippen molar-refractivity contribution in [1.82, 2.24) is 0 Å². The quantitative estimate of drug-likeness (QED) is 0.350. The summed E-state index contributed by atoms with van der Waals surface area (Å²) in [6.45, 7) is -0.900. The lowest BCUT2D eigenvalue weighted by Gasteiger charge is -2.24. The highest BCUT2D eigenvalue weighted by molar-refractivity contribution is 4.92. The number of aliphatic hydroxyl groups is 5. The van der Waals surface area contributed by atoms with Crippen LogP contribution in [0, 0.1) is 0 Å². The summed E-state index contributed by atoms with van der Waals surface area (Å²) in [5, 5.41) is 47.5. The Morgan fingerprint density at radius 3 is 1.95 bits per heavy atom. The molecular weight excluding hydrogens is 276 g/mol. The molecule has 0 aromatic heterocycles. The van der Waals surface area contributed by atoms with Crippen molar-refractivity contribution in [2.24, 2.45) is 0 Å². The molecule has 0 bridgehead atoms. The Hall–Kier alpha value is -0.360. The minimum absolute atomic E-state index is 0.420. The van der Waals surface area contributed by atoms with Gasteiger partial charge >= 0.3 is 0 Å². The van der Waals surface area contributed by atoms with Crippen LogP contribution in [-0.2, 0) is 18.9 Å². The van der Waals surface area contributed by atoms with Gasteiger partial charge in [-0.25, -0.2) is 0 Å². The molecule has 8 unspecified atom stereocenters. The maximum absolute atomic E-state index is 9.95. The summed E-state index contributed by atoms with van der Waals surface area (Å²) in [7, 11) is 1.33. The Balaban J connectivity index is 2.01. The van der Waals surface area contributed by atoms with E-state index in [9.17, 15) is 20.4 Å². The molecule has 0 aromatic rings. The van der Waals surface area contributed by atoms with Crippen LogP contribution in [0.5, 0.6) is 0 Å². The highest BCUT2D eigenvalue weighted by Crippen LogP contribution is 2.29. The molecule has 118 valence electrons. The molecule has 5 N–H and O–H groups in total. The number of ether oxygens (including phenoxy) is 4. The molecule has 0 amide bonds. The molecule has 2 fully saturated rings. The minimum Gasteiger partial charge on any atom is -0.394 e. The van der Waals surface area contributed by atoms with Gasteiger partial charge in [-0.1, -0.05) is 0 Å². The van der Waals surface area contributed by atoms with Crippen LogP contribution in [0.3, 0.4) is 0 Å². The fraction of sp³-hybridized carbons (Fsp3) is 1.00. The first-order valence-electron chi connectivity index (χ1n) is 6.28. The van der Waals surface area contributed by atoms with Crippen LogP contribution < -0.4 is 0 Å². The Morgan fingerprint density at radius 1 is 0.850 bits per heavy atom. The van der Waals surface area contributed by atoms with E-state index < -0.39 is 62.4 Å². The summed E-state index contributed by atoms with van der Waals surface area (Å²) < 4.78 is 20.6. The second kappa shape index (κ2) is 6.60.